The van der Waals surface area contributed by atoms with E-state index in [4.69, 9.17) is 18.9 Å². The fourth-order valence-corrected chi connectivity index (χ4v) is 4.88. The molecule has 0 saturated heterocycles. The lowest BCUT2D eigenvalue weighted by Gasteiger charge is -2.22. The van der Waals surface area contributed by atoms with Gasteiger partial charge in [0.05, 0.1) is 30.1 Å². The van der Waals surface area contributed by atoms with E-state index in [0.717, 1.165) is 35.2 Å². The van der Waals surface area contributed by atoms with E-state index in [9.17, 15) is 14.4 Å². The molecule has 4 aromatic rings. The minimum atomic E-state index is -0.910. The van der Waals surface area contributed by atoms with Crippen LogP contribution >= 0.6 is 0 Å². The Morgan fingerprint density at radius 1 is 1.03 bits per heavy atom. The number of nitrogens with one attached hydrogen (secondary N) is 1. The van der Waals surface area contributed by atoms with Crippen LogP contribution < -0.4 is 5.32 Å². The smallest absolute Gasteiger partial charge is 0.339 e. The van der Waals surface area contributed by atoms with Crippen molar-refractivity contribution in [3.63, 3.8) is 0 Å². The third-order valence-corrected chi connectivity index (χ3v) is 6.67. The molecule has 5 rings (SSSR count). The predicted octanol–water partition coefficient (Wildman–Crippen LogP) is 4.76. The summed E-state index contributed by atoms with van der Waals surface area (Å²) >= 11 is 0. The monoisotopic (exact) mass is 524 g/mol. The highest BCUT2D eigenvalue weighted by Crippen LogP contribution is 2.36. The molecule has 2 aromatic heterocycles. The van der Waals surface area contributed by atoms with Gasteiger partial charge in [-0.15, -0.1) is 0 Å². The lowest BCUT2D eigenvalue weighted by Crippen LogP contribution is -2.44. The summed E-state index contributed by atoms with van der Waals surface area (Å²) in [7, 11) is 1.26. The predicted molar refractivity (Wildman–Crippen MR) is 146 cm³/mol. The highest BCUT2D eigenvalue weighted by atomic mass is 16.5. The maximum absolute atomic E-state index is 13.5. The summed E-state index contributed by atoms with van der Waals surface area (Å²) in [6.07, 6.45) is 6.10. The molecule has 0 spiro atoms. The van der Waals surface area contributed by atoms with Crippen molar-refractivity contribution < 1.29 is 28.3 Å². The first-order valence-electron chi connectivity index (χ1n) is 12.8. The van der Waals surface area contributed by atoms with Gasteiger partial charge in [0.2, 0.25) is 0 Å². The van der Waals surface area contributed by atoms with Crippen LogP contribution in [0.5, 0.6) is 0 Å². The van der Waals surface area contributed by atoms with Crippen LogP contribution in [0.4, 0.5) is 0 Å². The Morgan fingerprint density at radius 3 is 2.59 bits per heavy atom. The molecule has 1 amide bonds. The van der Waals surface area contributed by atoms with Gasteiger partial charge < -0.3 is 19.2 Å². The SMILES string of the molecule is COC(=O)C(Cc1ccccc1)NC(=O)COC(=O)c1c2c(nc3ccccc13)/C(=C\c1ccco1)CCC2. The third-order valence-electron chi connectivity index (χ3n) is 6.67. The van der Waals surface area contributed by atoms with Gasteiger partial charge in [0, 0.05) is 11.8 Å². The van der Waals surface area contributed by atoms with Gasteiger partial charge >= 0.3 is 11.9 Å². The molecule has 0 aliphatic heterocycles. The van der Waals surface area contributed by atoms with Crippen molar-refractivity contribution in [2.75, 3.05) is 13.7 Å². The number of ether oxygens (including phenoxy) is 2. The van der Waals surface area contributed by atoms with Crippen molar-refractivity contribution >= 4 is 40.4 Å². The Balaban J connectivity index is 1.37. The maximum Gasteiger partial charge on any atom is 0.339 e. The van der Waals surface area contributed by atoms with Crippen LogP contribution in [0.1, 0.15) is 45.8 Å². The number of benzene rings is 2. The zero-order valence-electron chi connectivity index (χ0n) is 21.5. The lowest BCUT2D eigenvalue weighted by atomic mass is 9.86. The number of furan rings is 1. The Kier molecular flexibility index (Phi) is 7.82. The van der Waals surface area contributed by atoms with Gasteiger partial charge in [0.1, 0.15) is 11.8 Å². The molecular formula is C31H28N2O6. The first kappa shape index (κ1) is 25.9. The largest absolute Gasteiger partial charge is 0.467 e. The molecule has 1 N–H and O–H groups in total. The number of hydrogen-bond donors (Lipinski definition) is 1. The van der Waals surface area contributed by atoms with Crippen molar-refractivity contribution in [1.82, 2.24) is 10.3 Å². The Hall–Kier alpha value is -4.72. The number of amides is 1. The van der Waals surface area contributed by atoms with Gasteiger partial charge in [-0.1, -0.05) is 48.5 Å². The van der Waals surface area contributed by atoms with E-state index in [0.29, 0.717) is 28.6 Å². The highest BCUT2D eigenvalue weighted by molar-refractivity contribution is 6.07. The number of hydrogen-bond acceptors (Lipinski definition) is 7. The number of esters is 2. The van der Waals surface area contributed by atoms with E-state index < -0.39 is 30.5 Å². The third kappa shape index (κ3) is 5.90. The number of para-hydroxylation sites is 1. The van der Waals surface area contributed by atoms with E-state index >= 15 is 0 Å². The number of carbonyl (C=O) groups excluding carboxylic acids is 3. The number of rotatable bonds is 8. The van der Waals surface area contributed by atoms with Gasteiger partial charge in [-0.2, -0.15) is 0 Å². The first-order chi connectivity index (χ1) is 19.0. The average molecular weight is 525 g/mol. The standard InChI is InChI=1S/C31H28N2O6/c1-37-30(35)26(17-20-9-3-2-4-10-20)32-27(34)19-39-31(36)28-23-13-5-6-15-25(23)33-29-21(11-7-14-24(28)29)18-22-12-8-16-38-22/h2-6,8-10,12-13,15-16,18,26H,7,11,14,17,19H2,1H3,(H,32,34)/b21-18-. The number of pyridine rings is 1. The summed E-state index contributed by atoms with van der Waals surface area (Å²) in [5.41, 5.74) is 4.43. The van der Waals surface area contributed by atoms with Crippen LogP contribution in [0, 0.1) is 0 Å². The fraction of sp³-hybridized carbons (Fsp3) is 0.226. The number of nitrogens with zero attached hydrogens (tertiary/aromatic N) is 1. The fourth-order valence-electron chi connectivity index (χ4n) is 4.88. The van der Waals surface area contributed by atoms with Gasteiger partial charge in [-0.05, 0) is 60.2 Å². The number of fused-ring (bicyclic) bond motifs is 2. The molecule has 1 atom stereocenters. The van der Waals surface area contributed by atoms with E-state index in [1.165, 1.54) is 7.11 Å². The maximum atomic E-state index is 13.5. The molecule has 2 aromatic carbocycles. The van der Waals surface area contributed by atoms with Crippen LogP contribution in [0.25, 0.3) is 22.6 Å². The highest BCUT2D eigenvalue weighted by Gasteiger charge is 2.27. The normalized spacial score (nSPS) is 14.4. The molecular weight excluding hydrogens is 496 g/mol. The molecule has 1 aliphatic carbocycles. The van der Waals surface area contributed by atoms with Crippen molar-refractivity contribution in [2.45, 2.75) is 31.7 Å². The van der Waals surface area contributed by atoms with E-state index in [-0.39, 0.29) is 6.42 Å². The van der Waals surface area contributed by atoms with Gasteiger partial charge in [-0.3, -0.25) is 4.79 Å². The van der Waals surface area contributed by atoms with Crippen LogP contribution in [0.3, 0.4) is 0 Å². The number of allylic oxidation sites excluding steroid dienone is 1. The minimum absolute atomic E-state index is 0.250. The van der Waals surface area contributed by atoms with Crippen molar-refractivity contribution in [3.8, 4) is 0 Å². The number of methoxy groups -OCH3 is 1. The Bertz CT molecular complexity index is 1530. The summed E-state index contributed by atoms with van der Waals surface area (Å²) in [6.45, 7) is -0.540. The zero-order valence-corrected chi connectivity index (χ0v) is 21.5. The van der Waals surface area contributed by atoms with Crippen LogP contribution in [0.2, 0.25) is 0 Å². The van der Waals surface area contributed by atoms with Crippen molar-refractivity contribution in [1.29, 1.82) is 0 Å². The van der Waals surface area contributed by atoms with Crippen LogP contribution in [-0.2, 0) is 31.9 Å². The lowest BCUT2D eigenvalue weighted by molar-refractivity contribution is -0.145. The topological polar surface area (TPSA) is 108 Å². The molecule has 0 fully saturated rings. The molecule has 39 heavy (non-hydrogen) atoms. The zero-order chi connectivity index (χ0) is 27.2. The quantitative estimate of drug-likeness (QED) is 0.331. The first-order valence-corrected chi connectivity index (χ1v) is 12.8. The minimum Gasteiger partial charge on any atom is -0.467 e. The molecule has 8 nitrogen and oxygen atoms in total. The molecule has 2 heterocycles. The second kappa shape index (κ2) is 11.8. The van der Waals surface area contributed by atoms with Crippen LogP contribution in [0.15, 0.2) is 77.4 Å². The average Bonchev–Trinajstić information content (AvgIpc) is 3.48. The van der Waals surface area contributed by atoms with E-state index in [2.05, 4.69) is 5.32 Å². The van der Waals surface area contributed by atoms with E-state index in [1.54, 1.807) is 6.26 Å². The molecule has 0 saturated carbocycles. The molecule has 1 unspecified atom stereocenters. The molecule has 0 radical (unpaired) electrons. The second-order valence-electron chi connectivity index (χ2n) is 9.28. The van der Waals surface area contributed by atoms with Gasteiger partial charge in [0.15, 0.2) is 6.61 Å². The number of aromatic nitrogens is 1. The molecule has 0 bridgehead atoms. The molecule has 1 aliphatic rings. The van der Waals surface area contributed by atoms with Gasteiger partial charge in [-0.25, -0.2) is 14.6 Å². The Morgan fingerprint density at radius 2 is 1.82 bits per heavy atom. The number of carbonyl (C=O) groups is 3. The Labute approximate surface area is 225 Å². The summed E-state index contributed by atoms with van der Waals surface area (Å²) in [4.78, 5) is 43.4. The summed E-state index contributed by atoms with van der Waals surface area (Å²) in [5, 5.41) is 3.30. The second-order valence-corrected chi connectivity index (χ2v) is 9.28. The summed E-state index contributed by atoms with van der Waals surface area (Å²) in [5.74, 6) is -1.08. The van der Waals surface area contributed by atoms with Crippen molar-refractivity contribution in [2.24, 2.45) is 0 Å². The molecule has 8 heteroatoms. The summed E-state index contributed by atoms with van der Waals surface area (Å²) in [6, 6.07) is 19.4. The van der Waals surface area contributed by atoms with Crippen LogP contribution in [-0.4, -0.2) is 42.6 Å². The van der Waals surface area contributed by atoms with E-state index in [1.807, 2.05) is 72.8 Å². The summed E-state index contributed by atoms with van der Waals surface area (Å²) < 4.78 is 15.9. The van der Waals surface area contributed by atoms with Crippen molar-refractivity contribution in [3.05, 3.63) is 101 Å². The van der Waals surface area contributed by atoms with Gasteiger partial charge in [0.25, 0.3) is 5.91 Å². The molecule has 198 valence electrons.